The van der Waals surface area contributed by atoms with Crippen molar-refractivity contribution in [3.8, 4) is 17.6 Å². The largest absolute Gasteiger partial charge is 0.494 e. The van der Waals surface area contributed by atoms with Crippen LogP contribution in [0.1, 0.15) is 24.8 Å². The smallest absolute Gasteiger partial charge is 0.323 e. The third-order valence-corrected chi connectivity index (χ3v) is 5.57. The van der Waals surface area contributed by atoms with Crippen molar-refractivity contribution in [1.29, 1.82) is 5.26 Å². The molecule has 0 unspecified atom stereocenters. The molecule has 0 amide bonds. The van der Waals surface area contributed by atoms with E-state index in [1.807, 2.05) is 71.3 Å². The molecule has 0 aliphatic rings. The Kier molecular flexibility index (Phi) is 7.11. The highest BCUT2D eigenvalue weighted by molar-refractivity contribution is 6.08. The summed E-state index contributed by atoms with van der Waals surface area (Å²) in [6.45, 7) is 1.14. The van der Waals surface area contributed by atoms with E-state index < -0.39 is 5.97 Å². The van der Waals surface area contributed by atoms with Crippen molar-refractivity contribution in [2.24, 2.45) is 0 Å². The summed E-state index contributed by atoms with van der Waals surface area (Å²) in [5, 5.41) is 20.1. The van der Waals surface area contributed by atoms with Crippen molar-refractivity contribution in [2.45, 2.75) is 32.2 Å². The molecule has 0 saturated heterocycles. The number of ether oxygens (including phenoxy) is 2. The minimum atomic E-state index is -0.871. The molecule has 0 aliphatic carbocycles. The highest BCUT2D eigenvalue weighted by Gasteiger charge is 2.13. The number of aromatic nitrogens is 1. The average Bonchev–Trinajstić information content (AvgIpc) is 3.12. The zero-order valence-electron chi connectivity index (χ0n) is 18.4. The second kappa shape index (κ2) is 10.6. The maximum Gasteiger partial charge on any atom is 0.323 e. The lowest BCUT2D eigenvalue weighted by Crippen LogP contribution is -2.08. The average molecular weight is 443 g/mol. The molecule has 4 aromatic rings. The van der Waals surface area contributed by atoms with Crippen LogP contribution in [0.25, 0.3) is 21.8 Å². The van der Waals surface area contributed by atoms with Gasteiger partial charge in [-0.25, -0.2) is 0 Å². The van der Waals surface area contributed by atoms with Crippen molar-refractivity contribution < 1.29 is 19.4 Å². The molecular formula is C27H26N2O4. The van der Waals surface area contributed by atoms with Crippen LogP contribution in [0.2, 0.25) is 0 Å². The van der Waals surface area contributed by atoms with E-state index in [9.17, 15) is 9.90 Å². The Morgan fingerprint density at radius 2 is 1.52 bits per heavy atom. The van der Waals surface area contributed by atoms with Crippen molar-refractivity contribution in [3.05, 3.63) is 72.3 Å². The van der Waals surface area contributed by atoms with Crippen LogP contribution in [0.5, 0.6) is 11.5 Å². The number of carboxylic acids is 1. The number of benzene rings is 3. The Balaban J connectivity index is 1.28. The van der Waals surface area contributed by atoms with Crippen LogP contribution >= 0.6 is 0 Å². The standard InChI is InChI=1S/C27H26N2O4/c28-15-14-20-8-10-21(11-9-20)32-16-4-1-5-17-33-22-12-13-24-23-6-2-3-7-25(23)29(19-27(30)31)26(24)18-22/h2-3,6-13,18H,1,4-5,14,16-17,19H2,(H,30,31). The molecular weight excluding hydrogens is 416 g/mol. The van der Waals surface area contributed by atoms with Gasteiger partial charge in [0.1, 0.15) is 18.0 Å². The van der Waals surface area contributed by atoms with E-state index in [0.29, 0.717) is 19.6 Å². The number of fused-ring (bicyclic) bond motifs is 3. The number of carboxylic acid groups (broad SMARTS) is 1. The quantitative estimate of drug-likeness (QED) is 0.307. The SMILES string of the molecule is N#CCc1ccc(OCCCCCOc2ccc3c4ccccc4n(CC(=O)O)c3c2)cc1. The van der Waals surface area contributed by atoms with Gasteiger partial charge < -0.3 is 19.1 Å². The van der Waals surface area contributed by atoms with Gasteiger partial charge in [0.25, 0.3) is 0 Å². The van der Waals surface area contributed by atoms with Gasteiger partial charge in [0.15, 0.2) is 0 Å². The Hall–Kier alpha value is -3.98. The molecule has 1 N–H and O–H groups in total. The Bertz CT molecular complexity index is 1290. The van der Waals surface area contributed by atoms with Crippen molar-refractivity contribution in [2.75, 3.05) is 13.2 Å². The summed E-state index contributed by atoms with van der Waals surface area (Å²) >= 11 is 0. The van der Waals surface area contributed by atoms with Crippen LogP contribution in [0, 0.1) is 11.3 Å². The van der Waals surface area contributed by atoms with Crippen molar-refractivity contribution in [3.63, 3.8) is 0 Å². The summed E-state index contributed by atoms with van der Waals surface area (Å²) in [5.41, 5.74) is 2.76. The number of aliphatic carboxylic acids is 1. The number of rotatable bonds is 11. The number of hydrogen-bond donors (Lipinski definition) is 1. The molecule has 168 valence electrons. The number of nitrogens with zero attached hydrogens (tertiary/aromatic N) is 2. The summed E-state index contributed by atoms with van der Waals surface area (Å²) in [6.07, 6.45) is 3.22. The van der Waals surface area contributed by atoms with Crippen LogP contribution in [0.15, 0.2) is 66.7 Å². The van der Waals surface area contributed by atoms with E-state index in [0.717, 1.165) is 58.1 Å². The monoisotopic (exact) mass is 442 g/mol. The van der Waals surface area contributed by atoms with E-state index in [1.165, 1.54) is 0 Å². The zero-order valence-corrected chi connectivity index (χ0v) is 18.4. The van der Waals surface area contributed by atoms with E-state index in [-0.39, 0.29) is 6.54 Å². The molecule has 0 bridgehead atoms. The lowest BCUT2D eigenvalue weighted by atomic mass is 10.1. The van der Waals surface area contributed by atoms with Crippen molar-refractivity contribution in [1.82, 2.24) is 4.57 Å². The Morgan fingerprint density at radius 3 is 2.24 bits per heavy atom. The first-order valence-electron chi connectivity index (χ1n) is 11.1. The van der Waals surface area contributed by atoms with E-state index in [4.69, 9.17) is 14.7 Å². The molecule has 33 heavy (non-hydrogen) atoms. The van der Waals surface area contributed by atoms with Gasteiger partial charge in [-0.05, 0) is 55.2 Å². The van der Waals surface area contributed by atoms with Gasteiger partial charge in [-0.2, -0.15) is 5.26 Å². The summed E-state index contributed by atoms with van der Waals surface area (Å²) < 4.78 is 13.5. The zero-order chi connectivity index (χ0) is 23.0. The number of nitriles is 1. The van der Waals surface area contributed by atoms with Crippen molar-refractivity contribution >= 4 is 27.8 Å². The minimum absolute atomic E-state index is 0.0888. The van der Waals surface area contributed by atoms with E-state index in [1.54, 1.807) is 0 Å². The first-order chi connectivity index (χ1) is 16.2. The Labute approximate surface area is 192 Å². The summed E-state index contributed by atoms with van der Waals surface area (Å²) in [5.74, 6) is 0.688. The number of carbonyl (C=O) groups is 1. The molecule has 0 atom stereocenters. The molecule has 0 fully saturated rings. The predicted molar refractivity (Wildman–Crippen MR) is 128 cm³/mol. The van der Waals surface area contributed by atoms with Crippen LogP contribution < -0.4 is 9.47 Å². The molecule has 3 aromatic carbocycles. The van der Waals surface area contributed by atoms with Crippen LogP contribution in [0.4, 0.5) is 0 Å². The topological polar surface area (TPSA) is 84.5 Å². The highest BCUT2D eigenvalue weighted by Crippen LogP contribution is 2.31. The van der Waals surface area contributed by atoms with Gasteiger partial charge in [-0.1, -0.05) is 30.3 Å². The lowest BCUT2D eigenvalue weighted by Gasteiger charge is -2.09. The van der Waals surface area contributed by atoms with Crippen LogP contribution in [-0.2, 0) is 17.8 Å². The molecule has 0 saturated carbocycles. The molecule has 0 spiro atoms. The fourth-order valence-corrected chi connectivity index (χ4v) is 3.98. The van der Waals surface area contributed by atoms with Gasteiger partial charge in [0.2, 0.25) is 0 Å². The summed E-state index contributed by atoms with van der Waals surface area (Å²) in [7, 11) is 0. The first kappa shape index (κ1) is 22.2. The second-order valence-electron chi connectivity index (χ2n) is 7.91. The molecule has 0 radical (unpaired) electrons. The fourth-order valence-electron chi connectivity index (χ4n) is 3.98. The van der Waals surface area contributed by atoms with Gasteiger partial charge in [-0.15, -0.1) is 0 Å². The first-order valence-corrected chi connectivity index (χ1v) is 11.1. The molecule has 4 rings (SSSR count). The lowest BCUT2D eigenvalue weighted by molar-refractivity contribution is -0.137. The number of hydrogen-bond acceptors (Lipinski definition) is 4. The normalized spacial score (nSPS) is 10.9. The van der Waals surface area contributed by atoms with Gasteiger partial charge >= 0.3 is 5.97 Å². The molecule has 6 heteroatoms. The summed E-state index contributed by atoms with van der Waals surface area (Å²) in [4.78, 5) is 11.4. The van der Waals surface area contributed by atoms with Crippen LogP contribution in [-0.4, -0.2) is 28.9 Å². The van der Waals surface area contributed by atoms with Gasteiger partial charge in [-0.3, -0.25) is 4.79 Å². The molecule has 6 nitrogen and oxygen atoms in total. The maximum absolute atomic E-state index is 11.4. The minimum Gasteiger partial charge on any atom is -0.494 e. The summed E-state index contributed by atoms with van der Waals surface area (Å²) in [6, 6.07) is 23.5. The van der Waals surface area contributed by atoms with Gasteiger partial charge in [0, 0.05) is 22.4 Å². The van der Waals surface area contributed by atoms with Crippen LogP contribution in [0.3, 0.4) is 0 Å². The van der Waals surface area contributed by atoms with E-state index >= 15 is 0 Å². The Morgan fingerprint density at radius 1 is 0.848 bits per heavy atom. The molecule has 1 heterocycles. The second-order valence-corrected chi connectivity index (χ2v) is 7.91. The van der Waals surface area contributed by atoms with E-state index in [2.05, 4.69) is 6.07 Å². The van der Waals surface area contributed by atoms with Gasteiger partial charge in [0.05, 0.1) is 31.2 Å². The molecule has 1 aromatic heterocycles. The third-order valence-electron chi connectivity index (χ3n) is 5.57. The predicted octanol–water partition coefficient (Wildman–Crippen LogP) is 5.57. The number of para-hydroxylation sites is 1. The third kappa shape index (κ3) is 5.45. The molecule has 0 aliphatic heterocycles. The number of unbranched alkanes of at least 4 members (excludes halogenated alkanes) is 2. The highest BCUT2D eigenvalue weighted by atomic mass is 16.5. The fraction of sp³-hybridized carbons (Fsp3) is 0.259. The maximum atomic E-state index is 11.4.